The maximum absolute atomic E-state index is 12.2. The summed E-state index contributed by atoms with van der Waals surface area (Å²) in [4.78, 5) is 35.6. The Morgan fingerprint density at radius 1 is 1.10 bits per heavy atom. The van der Waals surface area contributed by atoms with Crippen molar-refractivity contribution in [3.05, 3.63) is 0 Å². The van der Waals surface area contributed by atoms with E-state index < -0.39 is 23.3 Å². The Labute approximate surface area is 146 Å². The van der Waals surface area contributed by atoms with Crippen LogP contribution in [0.15, 0.2) is 0 Å². The third-order valence-electron chi connectivity index (χ3n) is 3.28. The quantitative estimate of drug-likeness (QED) is 0.576. The van der Waals surface area contributed by atoms with Crippen LogP contribution in [0.3, 0.4) is 0 Å². The Hall–Kier alpha value is -0.0400. The zero-order valence-electron chi connectivity index (χ0n) is 12.9. The van der Waals surface area contributed by atoms with Gasteiger partial charge in [0.05, 0.1) is 0 Å². The fourth-order valence-electron chi connectivity index (χ4n) is 2.24. The predicted octanol–water partition coefficient (Wildman–Crippen LogP) is 1.54. The van der Waals surface area contributed by atoms with Crippen LogP contribution in [0, 0.1) is 11.3 Å². The van der Waals surface area contributed by atoms with E-state index in [1.54, 1.807) is 11.8 Å². The number of amides is 4. The van der Waals surface area contributed by atoms with Crippen molar-refractivity contribution in [2.24, 2.45) is 11.3 Å². The Morgan fingerprint density at radius 3 is 2.00 bits per heavy atom. The molecule has 0 aromatic rings. The molecule has 1 saturated heterocycles. The van der Waals surface area contributed by atoms with Crippen LogP contribution < -0.4 is 10.6 Å². The number of carbonyl (C=O) groups is 3. The number of carbonyl (C=O) groups excluding carboxylic acids is 3. The molecule has 1 fully saturated rings. The zero-order valence-corrected chi connectivity index (χ0v) is 15.7. The molecule has 0 aromatic heterocycles. The fourth-order valence-corrected chi connectivity index (χ4v) is 3.53. The smallest absolute Gasteiger partial charge is 0.277 e. The average Bonchev–Trinajstić information content (AvgIpc) is 2.30. The first-order valence-corrected chi connectivity index (χ1v) is 7.68. The number of urea groups is 1. The van der Waals surface area contributed by atoms with Gasteiger partial charge in [-0.1, -0.05) is 34.1 Å². The molecule has 0 aliphatic carbocycles. The van der Waals surface area contributed by atoms with E-state index in [0.29, 0.717) is 18.8 Å². The van der Waals surface area contributed by atoms with E-state index in [9.17, 15) is 14.4 Å². The molecule has 0 bridgehead atoms. The monoisotopic (exact) mass is 309 g/mol. The second kappa shape index (κ2) is 8.41. The molecule has 0 aromatic carbocycles. The first-order valence-electron chi connectivity index (χ1n) is 6.63. The molecular formula is C13H22N2NaO3S. The van der Waals surface area contributed by atoms with E-state index in [4.69, 9.17) is 0 Å². The number of hydrogen-bond acceptors (Lipinski definition) is 4. The van der Waals surface area contributed by atoms with E-state index in [-0.39, 0.29) is 34.8 Å². The van der Waals surface area contributed by atoms with E-state index in [1.165, 1.54) is 0 Å². The van der Waals surface area contributed by atoms with Gasteiger partial charge in [0.25, 0.3) is 0 Å². The molecule has 1 aliphatic heterocycles. The third kappa shape index (κ3) is 4.23. The molecule has 5 nitrogen and oxygen atoms in total. The number of barbiturate groups is 1. The standard InChI is InChI=1S/C13H22N2O3S.Na/c1-5-6-13(9(4)19-7-8(2)3)10(16)14-12(18)15-11(13)17;/h8-9H,5-7H2,1-4H3,(H2,14,15,16,17,18);. The van der Waals surface area contributed by atoms with Crippen molar-refractivity contribution in [2.75, 3.05) is 5.75 Å². The van der Waals surface area contributed by atoms with E-state index in [1.807, 2.05) is 13.8 Å². The molecule has 1 heterocycles. The molecule has 0 spiro atoms. The predicted molar refractivity (Wildman–Crippen MR) is 81.5 cm³/mol. The van der Waals surface area contributed by atoms with Crippen molar-refractivity contribution < 1.29 is 14.4 Å². The van der Waals surface area contributed by atoms with Crippen molar-refractivity contribution in [1.82, 2.24) is 10.6 Å². The Bertz CT molecular complexity index is 368. The van der Waals surface area contributed by atoms with Gasteiger partial charge in [-0.3, -0.25) is 20.2 Å². The summed E-state index contributed by atoms with van der Waals surface area (Å²) in [6.45, 7) is 8.00. The molecule has 2 N–H and O–H groups in total. The first kappa shape index (κ1) is 20.0. The van der Waals surface area contributed by atoms with Gasteiger partial charge in [0.2, 0.25) is 11.8 Å². The summed E-state index contributed by atoms with van der Waals surface area (Å²) < 4.78 is 0. The molecule has 1 unspecified atom stereocenters. The SMILES string of the molecule is CCCC1(C(C)SCC(C)C)C(=O)NC(=O)NC1=O.[Na]. The second-order valence-electron chi connectivity index (χ2n) is 5.33. The van der Waals surface area contributed by atoms with Crippen LogP contribution in [0.4, 0.5) is 4.79 Å². The Morgan fingerprint density at radius 2 is 1.60 bits per heavy atom. The maximum Gasteiger partial charge on any atom is 0.328 e. The van der Waals surface area contributed by atoms with Gasteiger partial charge in [-0.25, -0.2) is 4.79 Å². The molecule has 1 atom stereocenters. The minimum absolute atomic E-state index is 0. The minimum Gasteiger partial charge on any atom is -0.277 e. The van der Waals surface area contributed by atoms with Gasteiger partial charge < -0.3 is 0 Å². The minimum atomic E-state index is -1.14. The Kier molecular flexibility index (Phi) is 8.40. The molecule has 7 heteroatoms. The molecule has 20 heavy (non-hydrogen) atoms. The van der Waals surface area contributed by atoms with Crippen LogP contribution in [0.2, 0.25) is 0 Å². The third-order valence-corrected chi connectivity index (χ3v) is 5.04. The number of nitrogens with one attached hydrogen (secondary N) is 2. The van der Waals surface area contributed by atoms with Gasteiger partial charge in [0, 0.05) is 34.8 Å². The van der Waals surface area contributed by atoms with Gasteiger partial charge in [0.1, 0.15) is 5.41 Å². The average molecular weight is 309 g/mol. The first-order chi connectivity index (χ1) is 8.84. The van der Waals surface area contributed by atoms with Crippen LogP contribution in [-0.4, -0.2) is 58.4 Å². The van der Waals surface area contributed by atoms with E-state index >= 15 is 0 Å². The fraction of sp³-hybridized carbons (Fsp3) is 0.769. The Balaban J connectivity index is 0.00000361. The number of hydrogen-bond donors (Lipinski definition) is 2. The van der Waals surface area contributed by atoms with Crippen LogP contribution in [0.5, 0.6) is 0 Å². The van der Waals surface area contributed by atoms with Crippen LogP contribution in [-0.2, 0) is 9.59 Å². The van der Waals surface area contributed by atoms with Gasteiger partial charge in [-0.15, -0.1) is 0 Å². The summed E-state index contributed by atoms with van der Waals surface area (Å²) in [5.41, 5.74) is -1.14. The molecule has 1 radical (unpaired) electrons. The molecule has 109 valence electrons. The largest absolute Gasteiger partial charge is 0.328 e. The molecule has 1 aliphatic rings. The maximum atomic E-state index is 12.2. The zero-order chi connectivity index (χ0) is 14.6. The van der Waals surface area contributed by atoms with E-state index in [2.05, 4.69) is 24.5 Å². The number of thioether (sulfide) groups is 1. The number of rotatable bonds is 6. The van der Waals surface area contributed by atoms with Gasteiger partial charge in [-0.2, -0.15) is 11.8 Å². The summed E-state index contributed by atoms with van der Waals surface area (Å²) >= 11 is 1.61. The van der Waals surface area contributed by atoms with Crippen molar-refractivity contribution in [2.45, 2.75) is 45.8 Å². The summed E-state index contributed by atoms with van der Waals surface area (Å²) in [5, 5.41) is 4.30. The van der Waals surface area contributed by atoms with Crippen LogP contribution in [0.1, 0.15) is 40.5 Å². The summed E-state index contributed by atoms with van der Waals surface area (Å²) in [6.07, 6.45) is 1.16. The second-order valence-corrected chi connectivity index (χ2v) is 6.70. The van der Waals surface area contributed by atoms with Gasteiger partial charge in [0.15, 0.2) is 0 Å². The van der Waals surface area contributed by atoms with Gasteiger partial charge in [-0.05, 0) is 18.1 Å². The van der Waals surface area contributed by atoms with Crippen molar-refractivity contribution in [3.8, 4) is 0 Å². The number of imide groups is 2. The van der Waals surface area contributed by atoms with Gasteiger partial charge >= 0.3 is 6.03 Å². The normalized spacial score (nSPS) is 19.1. The van der Waals surface area contributed by atoms with Crippen molar-refractivity contribution in [1.29, 1.82) is 0 Å². The molecular weight excluding hydrogens is 287 g/mol. The summed E-state index contributed by atoms with van der Waals surface area (Å²) in [6, 6.07) is -0.720. The van der Waals surface area contributed by atoms with Crippen molar-refractivity contribution >= 4 is 59.2 Å². The summed E-state index contributed by atoms with van der Waals surface area (Å²) in [5.74, 6) is 0.433. The van der Waals surface area contributed by atoms with Crippen molar-refractivity contribution in [3.63, 3.8) is 0 Å². The van der Waals surface area contributed by atoms with Crippen LogP contribution >= 0.6 is 11.8 Å². The topological polar surface area (TPSA) is 75.3 Å². The van der Waals surface area contributed by atoms with Crippen LogP contribution in [0.25, 0.3) is 0 Å². The molecule has 4 amide bonds. The van der Waals surface area contributed by atoms with E-state index in [0.717, 1.165) is 5.75 Å². The summed E-state index contributed by atoms with van der Waals surface area (Å²) in [7, 11) is 0. The molecule has 1 rings (SSSR count). The molecule has 0 saturated carbocycles.